The van der Waals surface area contributed by atoms with E-state index in [0.29, 0.717) is 5.75 Å². The topological polar surface area (TPSA) is 149 Å². The summed E-state index contributed by atoms with van der Waals surface area (Å²) in [7, 11) is 1.43. The zero-order valence-corrected chi connectivity index (χ0v) is 21.1. The first kappa shape index (κ1) is 26.2. The van der Waals surface area contributed by atoms with Gasteiger partial charge in [-0.05, 0) is 24.6 Å². The van der Waals surface area contributed by atoms with E-state index in [2.05, 4.69) is 11.6 Å². The second-order valence-electron chi connectivity index (χ2n) is 8.05. The number of anilines is 1. The Labute approximate surface area is 220 Å². The molecule has 1 N–H and O–H groups in total. The maximum atomic E-state index is 13.3. The van der Waals surface area contributed by atoms with Crippen LogP contribution in [-0.2, 0) is 14.3 Å². The van der Waals surface area contributed by atoms with E-state index in [1.165, 1.54) is 49.6 Å². The fraction of sp³-hybridized carbons (Fsp3) is 0.154. The molecular weight excluding hydrogens is 514 g/mol. The van der Waals surface area contributed by atoms with Gasteiger partial charge in [0.15, 0.2) is 5.13 Å². The van der Waals surface area contributed by atoms with Crippen molar-refractivity contribution in [3.63, 3.8) is 0 Å². The second-order valence-corrected chi connectivity index (χ2v) is 9.03. The minimum Gasteiger partial charge on any atom is -0.507 e. The summed E-state index contributed by atoms with van der Waals surface area (Å²) in [5, 5.41) is 22.7. The fourth-order valence-electron chi connectivity index (χ4n) is 3.95. The lowest BCUT2D eigenvalue weighted by atomic mass is 9.95. The van der Waals surface area contributed by atoms with Gasteiger partial charge in [0, 0.05) is 17.7 Å². The third-order valence-corrected chi connectivity index (χ3v) is 6.83. The second kappa shape index (κ2) is 10.6. The van der Waals surface area contributed by atoms with Gasteiger partial charge in [0.1, 0.15) is 23.0 Å². The SMILES string of the molecule is C=CCOC(=O)c1sc(N2C(=O)C(=O)/C(=C(/O)c3cccc(OC)c3)C2c2cccc([N+](=O)[O-])c2)nc1C. The minimum atomic E-state index is -1.27. The van der Waals surface area contributed by atoms with Crippen LogP contribution in [0.15, 0.2) is 66.8 Å². The number of hydrogen-bond donors (Lipinski definition) is 1. The van der Waals surface area contributed by atoms with Crippen molar-refractivity contribution in [2.45, 2.75) is 13.0 Å². The molecule has 0 spiro atoms. The van der Waals surface area contributed by atoms with E-state index in [4.69, 9.17) is 9.47 Å². The summed E-state index contributed by atoms with van der Waals surface area (Å²) in [5.41, 5.74) is 0.0608. The molecule has 1 aliphatic heterocycles. The smallest absolute Gasteiger partial charge is 0.350 e. The van der Waals surface area contributed by atoms with Crippen LogP contribution >= 0.6 is 11.3 Å². The highest BCUT2D eigenvalue weighted by molar-refractivity contribution is 7.17. The number of carbonyl (C=O) groups is 3. The maximum absolute atomic E-state index is 13.3. The number of amides is 1. The van der Waals surface area contributed by atoms with Crippen LogP contribution in [0.4, 0.5) is 10.8 Å². The van der Waals surface area contributed by atoms with Gasteiger partial charge in [0.2, 0.25) is 0 Å². The Morgan fingerprint density at radius 1 is 1.26 bits per heavy atom. The third kappa shape index (κ3) is 4.76. The summed E-state index contributed by atoms with van der Waals surface area (Å²) < 4.78 is 10.3. The van der Waals surface area contributed by atoms with E-state index in [9.17, 15) is 29.6 Å². The van der Waals surface area contributed by atoms with Crippen molar-refractivity contribution in [3.05, 3.63) is 98.6 Å². The number of nitro groups is 1. The molecule has 2 aromatic carbocycles. The molecule has 1 saturated heterocycles. The Morgan fingerprint density at radius 3 is 2.68 bits per heavy atom. The minimum absolute atomic E-state index is 0.0173. The van der Waals surface area contributed by atoms with E-state index in [1.807, 2.05) is 0 Å². The molecular formula is C26H21N3O8S. The number of hydrogen-bond acceptors (Lipinski definition) is 10. The first-order valence-corrected chi connectivity index (χ1v) is 11.9. The van der Waals surface area contributed by atoms with Crippen LogP contribution in [0.25, 0.3) is 5.76 Å². The first-order chi connectivity index (χ1) is 18.2. The molecule has 1 unspecified atom stereocenters. The summed E-state index contributed by atoms with van der Waals surface area (Å²) in [6.07, 6.45) is 1.40. The summed E-state index contributed by atoms with van der Waals surface area (Å²) in [6, 6.07) is 10.3. The number of rotatable bonds is 8. The number of thiazole rings is 1. The number of benzene rings is 2. The van der Waals surface area contributed by atoms with Crippen molar-refractivity contribution in [3.8, 4) is 5.75 Å². The maximum Gasteiger partial charge on any atom is 0.350 e. The lowest BCUT2D eigenvalue weighted by Crippen LogP contribution is -2.29. The number of ether oxygens (including phenoxy) is 2. The summed E-state index contributed by atoms with van der Waals surface area (Å²) in [5.74, 6) is -2.84. The highest BCUT2D eigenvalue weighted by atomic mass is 32.1. The molecule has 1 aromatic heterocycles. The van der Waals surface area contributed by atoms with Gasteiger partial charge in [0.05, 0.1) is 29.3 Å². The molecule has 0 radical (unpaired) electrons. The Kier molecular flexibility index (Phi) is 7.35. The molecule has 0 bridgehead atoms. The number of Topliss-reactive ketones (excluding diaryl/α,β-unsaturated/α-hetero) is 1. The number of non-ortho nitro benzene ring substituents is 1. The van der Waals surface area contributed by atoms with Crippen LogP contribution in [-0.4, -0.2) is 46.4 Å². The van der Waals surface area contributed by atoms with Gasteiger partial charge in [-0.3, -0.25) is 24.6 Å². The van der Waals surface area contributed by atoms with E-state index in [0.717, 1.165) is 16.2 Å². The van der Waals surface area contributed by atoms with Gasteiger partial charge in [-0.25, -0.2) is 9.78 Å². The number of aryl methyl sites for hydroxylation is 1. The molecule has 3 aromatic rings. The lowest BCUT2D eigenvalue weighted by Gasteiger charge is -2.22. The van der Waals surface area contributed by atoms with Crippen molar-refractivity contribution in [2.75, 3.05) is 18.6 Å². The van der Waals surface area contributed by atoms with Crippen LogP contribution in [0.3, 0.4) is 0 Å². The molecule has 0 aliphatic carbocycles. The molecule has 4 rings (SSSR count). The van der Waals surface area contributed by atoms with Gasteiger partial charge in [-0.1, -0.05) is 48.3 Å². The number of aliphatic hydroxyl groups is 1. The molecule has 194 valence electrons. The number of aliphatic hydroxyl groups excluding tert-OH is 1. The largest absolute Gasteiger partial charge is 0.507 e. The standard InChI is InChI=1S/C26H21N3O8S/c1-4-11-37-25(33)23-14(2)27-26(38-23)28-20(15-7-5-9-17(12-15)29(34)35)19(22(31)24(28)32)21(30)16-8-6-10-18(13-16)36-3/h4-10,12-13,20,30H,1,11H2,2-3H3/b21-19+. The summed E-state index contributed by atoms with van der Waals surface area (Å²) in [4.78, 5) is 55.5. The van der Waals surface area contributed by atoms with Crippen molar-refractivity contribution >= 4 is 45.6 Å². The van der Waals surface area contributed by atoms with Crippen LogP contribution in [0.1, 0.15) is 32.5 Å². The molecule has 12 heteroatoms. The van der Waals surface area contributed by atoms with E-state index in [1.54, 1.807) is 19.1 Å². The Balaban J connectivity index is 1.92. The van der Waals surface area contributed by atoms with Crippen molar-refractivity contribution in [2.24, 2.45) is 0 Å². The van der Waals surface area contributed by atoms with Gasteiger partial charge in [0.25, 0.3) is 11.5 Å². The van der Waals surface area contributed by atoms with Gasteiger partial charge < -0.3 is 14.6 Å². The van der Waals surface area contributed by atoms with Crippen LogP contribution in [0.2, 0.25) is 0 Å². The average Bonchev–Trinajstić information content (AvgIpc) is 3.43. The zero-order chi connectivity index (χ0) is 27.6. The van der Waals surface area contributed by atoms with Crippen molar-refractivity contribution in [1.82, 2.24) is 4.98 Å². The molecule has 1 fully saturated rings. The van der Waals surface area contributed by atoms with Crippen LogP contribution < -0.4 is 9.64 Å². The number of aromatic nitrogens is 1. The number of ketones is 1. The molecule has 0 saturated carbocycles. The third-order valence-electron chi connectivity index (χ3n) is 5.69. The number of nitrogens with zero attached hydrogens (tertiary/aromatic N) is 3. The summed E-state index contributed by atoms with van der Waals surface area (Å²) >= 11 is 0.820. The fourth-order valence-corrected chi connectivity index (χ4v) is 4.94. The number of nitro benzene ring substituents is 1. The summed E-state index contributed by atoms with van der Waals surface area (Å²) in [6.45, 7) is 5.00. The Hall–Kier alpha value is -4.84. The lowest BCUT2D eigenvalue weighted by molar-refractivity contribution is -0.384. The van der Waals surface area contributed by atoms with Gasteiger partial charge in [-0.2, -0.15) is 0 Å². The van der Waals surface area contributed by atoms with Crippen LogP contribution in [0.5, 0.6) is 5.75 Å². The monoisotopic (exact) mass is 535 g/mol. The zero-order valence-electron chi connectivity index (χ0n) is 20.2. The highest BCUT2D eigenvalue weighted by Crippen LogP contribution is 2.44. The van der Waals surface area contributed by atoms with E-state index >= 15 is 0 Å². The van der Waals surface area contributed by atoms with Crippen LogP contribution in [0, 0.1) is 17.0 Å². The Bertz CT molecular complexity index is 1510. The molecule has 1 atom stereocenters. The number of carbonyl (C=O) groups excluding carboxylic acids is 3. The predicted octanol–water partition coefficient (Wildman–Crippen LogP) is 4.34. The normalized spacial score (nSPS) is 16.4. The van der Waals surface area contributed by atoms with Crippen molar-refractivity contribution in [1.29, 1.82) is 0 Å². The van der Waals surface area contributed by atoms with Gasteiger partial charge in [-0.15, -0.1) is 0 Å². The predicted molar refractivity (Wildman–Crippen MR) is 138 cm³/mol. The van der Waals surface area contributed by atoms with E-state index < -0.39 is 34.4 Å². The molecule has 1 aliphatic rings. The van der Waals surface area contributed by atoms with Crippen molar-refractivity contribution < 1.29 is 33.9 Å². The quantitative estimate of drug-likeness (QED) is 0.0845. The number of esters is 1. The molecule has 11 nitrogen and oxygen atoms in total. The molecule has 2 heterocycles. The Morgan fingerprint density at radius 2 is 2.00 bits per heavy atom. The van der Waals surface area contributed by atoms with Gasteiger partial charge >= 0.3 is 11.9 Å². The first-order valence-electron chi connectivity index (χ1n) is 11.1. The average molecular weight is 536 g/mol. The number of methoxy groups -OCH3 is 1. The molecule has 1 amide bonds. The molecule has 38 heavy (non-hydrogen) atoms. The highest BCUT2D eigenvalue weighted by Gasteiger charge is 2.48. The van der Waals surface area contributed by atoms with E-state index in [-0.39, 0.29) is 44.7 Å².